The fourth-order valence-electron chi connectivity index (χ4n) is 5.15. The predicted molar refractivity (Wildman–Crippen MR) is 146 cm³/mol. The van der Waals surface area contributed by atoms with Crippen molar-refractivity contribution in [3.05, 3.63) is 87.6 Å². The molecule has 0 bridgehead atoms. The van der Waals surface area contributed by atoms with Crippen LogP contribution < -0.4 is 10.7 Å². The highest BCUT2D eigenvalue weighted by Crippen LogP contribution is 2.31. The number of ether oxygens (including phenoxy) is 1. The van der Waals surface area contributed by atoms with Crippen LogP contribution in [-0.2, 0) is 22.4 Å². The molecule has 4 aromatic rings. The normalized spacial score (nSPS) is 13.8. The Morgan fingerprint density at radius 1 is 1.08 bits per heavy atom. The molecule has 0 spiro atoms. The van der Waals surface area contributed by atoms with E-state index in [2.05, 4.69) is 21.9 Å². The van der Waals surface area contributed by atoms with Crippen LogP contribution in [0.3, 0.4) is 0 Å². The van der Waals surface area contributed by atoms with E-state index in [0.717, 1.165) is 39.6 Å². The molecule has 0 aliphatic heterocycles. The maximum atomic E-state index is 13.1. The summed E-state index contributed by atoms with van der Waals surface area (Å²) in [6.45, 7) is 5.79. The molecule has 2 heterocycles. The number of carbonyl (C=O) groups excluding carboxylic acids is 3. The lowest BCUT2D eigenvalue weighted by Crippen LogP contribution is -2.23. The molecular weight excluding hydrogens is 498 g/mol. The van der Waals surface area contributed by atoms with Crippen molar-refractivity contribution in [3.8, 4) is 0 Å². The number of anilines is 1. The number of nitrogens with one attached hydrogen (secondary N) is 2. The minimum atomic E-state index is -0.555. The summed E-state index contributed by atoms with van der Waals surface area (Å²) in [6.07, 6.45) is 3.79. The number of nitrogens with zero attached hydrogens (tertiary/aromatic N) is 1. The molecule has 2 aromatic heterocycles. The lowest BCUT2D eigenvalue weighted by molar-refractivity contribution is -0.120. The Balaban J connectivity index is 1.35. The van der Waals surface area contributed by atoms with Gasteiger partial charge in [0, 0.05) is 28.5 Å². The van der Waals surface area contributed by atoms with Crippen LogP contribution in [0.4, 0.5) is 5.69 Å². The molecule has 200 valence electrons. The topological polar surface area (TPSA) is 123 Å². The molecule has 2 amide bonds. The first kappa shape index (κ1) is 26.0. The van der Waals surface area contributed by atoms with Crippen molar-refractivity contribution in [2.75, 3.05) is 12.4 Å². The van der Waals surface area contributed by atoms with Gasteiger partial charge in [-0.05, 0) is 62.9 Å². The predicted octanol–water partition coefficient (Wildman–Crippen LogP) is 5.39. The average molecular weight is 528 g/mol. The molecular formula is C30H29N3O6. The number of carbonyl (C=O) groups is 3. The minimum Gasteiger partial charge on any atom is -0.465 e. The number of methoxy groups -OCH3 is 1. The number of fused-ring (bicyclic) bond motifs is 2. The number of para-hydroxylation sites is 1. The van der Waals surface area contributed by atoms with Crippen molar-refractivity contribution in [1.82, 2.24) is 5.43 Å². The van der Waals surface area contributed by atoms with E-state index in [-0.39, 0.29) is 23.7 Å². The highest BCUT2D eigenvalue weighted by Gasteiger charge is 2.29. The van der Waals surface area contributed by atoms with Gasteiger partial charge in [-0.25, -0.2) is 10.2 Å². The molecule has 0 fully saturated rings. The fraction of sp³-hybridized carbons (Fsp3) is 0.267. The molecule has 0 saturated carbocycles. The van der Waals surface area contributed by atoms with E-state index in [4.69, 9.17) is 13.6 Å². The van der Waals surface area contributed by atoms with Gasteiger partial charge in [-0.2, -0.15) is 5.10 Å². The number of hydrogen-bond acceptors (Lipinski definition) is 7. The summed E-state index contributed by atoms with van der Waals surface area (Å²) in [4.78, 5) is 38.1. The van der Waals surface area contributed by atoms with E-state index in [1.54, 1.807) is 37.5 Å². The Bertz CT molecular complexity index is 1640. The second kappa shape index (κ2) is 10.6. The van der Waals surface area contributed by atoms with E-state index in [9.17, 15) is 14.4 Å². The number of amides is 2. The Morgan fingerprint density at radius 2 is 1.87 bits per heavy atom. The van der Waals surface area contributed by atoms with Gasteiger partial charge >= 0.3 is 5.97 Å². The third-order valence-electron chi connectivity index (χ3n) is 6.87. The molecule has 0 atom stereocenters. The molecule has 39 heavy (non-hydrogen) atoms. The number of furan rings is 2. The maximum absolute atomic E-state index is 13.1. The fourth-order valence-corrected chi connectivity index (χ4v) is 5.15. The summed E-state index contributed by atoms with van der Waals surface area (Å²) in [7, 11) is 1.28. The highest BCUT2D eigenvalue weighted by molar-refractivity contribution is 6.11. The summed E-state index contributed by atoms with van der Waals surface area (Å²) in [5, 5.41) is 8.12. The number of benzene rings is 2. The van der Waals surface area contributed by atoms with Crippen LogP contribution in [0.5, 0.6) is 0 Å². The number of esters is 1. The molecule has 2 aromatic carbocycles. The average Bonchev–Trinajstić information content (AvgIpc) is 3.48. The summed E-state index contributed by atoms with van der Waals surface area (Å²) >= 11 is 0. The number of rotatable bonds is 6. The lowest BCUT2D eigenvalue weighted by atomic mass is 9.93. The van der Waals surface area contributed by atoms with Crippen LogP contribution in [0.25, 0.3) is 11.0 Å². The molecule has 0 saturated heterocycles. The van der Waals surface area contributed by atoms with Gasteiger partial charge in [-0.1, -0.05) is 18.2 Å². The zero-order chi connectivity index (χ0) is 27.7. The number of hydrogen-bond donors (Lipinski definition) is 2. The van der Waals surface area contributed by atoms with E-state index >= 15 is 0 Å². The summed E-state index contributed by atoms with van der Waals surface area (Å²) in [5.74, 6) is -0.531. The first-order valence-electron chi connectivity index (χ1n) is 12.7. The Kier molecular flexibility index (Phi) is 7.06. The minimum absolute atomic E-state index is 0.123. The van der Waals surface area contributed by atoms with Gasteiger partial charge in [0.25, 0.3) is 5.91 Å². The van der Waals surface area contributed by atoms with Gasteiger partial charge in [-0.15, -0.1) is 0 Å². The zero-order valence-corrected chi connectivity index (χ0v) is 22.3. The molecule has 9 nitrogen and oxygen atoms in total. The first-order chi connectivity index (χ1) is 18.8. The van der Waals surface area contributed by atoms with E-state index in [1.807, 2.05) is 19.9 Å². The second-order valence-corrected chi connectivity index (χ2v) is 9.69. The van der Waals surface area contributed by atoms with Gasteiger partial charge in [0.05, 0.1) is 36.8 Å². The van der Waals surface area contributed by atoms with Gasteiger partial charge in [0.2, 0.25) is 5.91 Å². The van der Waals surface area contributed by atoms with E-state index in [0.29, 0.717) is 35.6 Å². The van der Waals surface area contributed by atoms with Crippen LogP contribution >= 0.6 is 0 Å². The smallest absolute Gasteiger partial charge is 0.339 e. The Morgan fingerprint density at radius 3 is 2.67 bits per heavy atom. The molecule has 0 radical (unpaired) electrons. The largest absolute Gasteiger partial charge is 0.465 e. The second-order valence-electron chi connectivity index (χ2n) is 9.69. The molecule has 5 rings (SSSR count). The summed E-state index contributed by atoms with van der Waals surface area (Å²) < 4.78 is 16.4. The van der Waals surface area contributed by atoms with Crippen LogP contribution in [0, 0.1) is 20.8 Å². The third-order valence-corrected chi connectivity index (χ3v) is 6.87. The SMILES string of the molecule is COC(=O)c1ccccc1NC(=O)c1oc2c(c1C)/C(=N/NC(=O)Cc1coc3cc(C)cc(C)c13)CCC2. The van der Waals surface area contributed by atoms with Crippen molar-refractivity contribution in [1.29, 1.82) is 0 Å². The zero-order valence-electron chi connectivity index (χ0n) is 22.3. The first-order valence-corrected chi connectivity index (χ1v) is 12.7. The standard InChI is InChI=1S/C30H29N3O6/c1-16-12-17(2)26-19(15-38-24(26)13-16)14-25(34)33-32-22-10-7-11-23-27(22)18(3)28(39-23)29(35)31-21-9-6-5-8-20(21)30(36)37-4/h5-6,8-9,12-13,15H,7,10-11,14H2,1-4H3,(H,31,35)(H,33,34)/b32-22+. The Labute approximate surface area is 225 Å². The third kappa shape index (κ3) is 5.07. The number of aryl methyl sites for hydroxylation is 3. The lowest BCUT2D eigenvalue weighted by Gasteiger charge is -2.13. The summed E-state index contributed by atoms with van der Waals surface area (Å²) in [5.41, 5.74) is 8.95. The molecule has 1 aliphatic rings. The van der Waals surface area contributed by atoms with Gasteiger partial charge < -0.3 is 18.9 Å². The molecule has 1 aliphatic carbocycles. The van der Waals surface area contributed by atoms with Crippen molar-refractivity contribution >= 4 is 40.2 Å². The quantitative estimate of drug-likeness (QED) is 0.256. The molecule has 2 N–H and O–H groups in total. The van der Waals surface area contributed by atoms with Gasteiger partial charge in [0.1, 0.15) is 11.3 Å². The van der Waals surface area contributed by atoms with Crippen LogP contribution in [0.15, 0.2) is 56.6 Å². The monoisotopic (exact) mass is 527 g/mol. The van der Waals surface area contributed by atoms with E-state index < -0.39 is 11.9 Å². The maximum Gasteiger partial charge on any atom is 0.339 e. The highest BCUT2D eigenvalue weighted by atomic mass is 16.5. The number of hydrazone groups is 1. The van der Waals surface area contributed by atoms with Crippen molar-refractivity contribution in [2.24, 2.45) is 5.10 Å². The molecule has 0 unspecified atom stereocenters. The van der Waals surface area contributed by atoms with Gasteiger partial charge in [-0.3, -0.25) is 9.59 Å². The van der Waals surface area contributed by atoms with Crippen LogP contribution in [-0.4, -0.2) is 30.6 Å². The Hall–Kier alpha value is -4.66. The van der Waals surface area contributed by atoms with Crippen molar-refractivity contribution in [2.45, 2.75) is 46.5 Å². The van der Waals surface area contributed by atoms with Crippen LogP contribution in [0.2, 0.25) is 0 Å². The molecule has 9 heteroatoms. The van der Waals surface area contributed by atoms with Crippen molar-refractivity contribution in [3.63, 3.8) is 0 Å². The van der Waals surface area contributed by atoms with Gasteiger partial charge in [0.15, 0.2) is 5.76 Å². The summed E-state index contributed by atoms with van der Waals surface area (Å²) in [6, 6.07) is 10.6. The van der Waals surface area contributed by atoms with Crippen LogP contribution in [0.1, 0.15) is 67.3 Å². The van der Waals surface area contributed by atoms with E-state index in [1.165, 1.54) is 7.11 Å². The van der Waals surface area contributed by atoms with Crippen molar-refractivity contribution < 1.29 is 28.0 Å².